The Morgan fingerprint density at radius 3 is 2.75 bits per heavy atom. The summed E-state index contributed by atoms with van der Waals surface area (Å²) in [6, 6.07) is 5.70. The molecule has 2 N–H and O–H groups in total. The van der Waals surface area contributed by atoms with Gasteiger partial charge < -0.3 is 5.73 Å². The van der Waals surface area contributed by atoms with E-state index in [4.69, 9.17) is 11.0 Å². The van der Waals surface area contributed by atoms with Crippen molar-refractivity contribution < 1.29 is 0 Å². The maximum absolute atomic E-state index is 8.66. The molecule has 1 aromatic rings. The first kappa shape index (κ1) is 9.24. The van der Waals surface area contributed by atoms with Gasteiger partial charge in [0.15, 0.2) is 0 Å². The SMILES string of the molecule is Cc1c(Br)cc(C#N)cc1CN. The molecule has 0 aliphatic rings. The fraction of sp³-hybridized carbons (Fsp3) is 0.222. The second-order valence-corrected chi connectivity index (χ2v) is 3.41. The number of benzene rings is 1. The van der Waals surface area contributed by atoms with Gasteiger partial charge in [0.25, 0.3) is 0 Å². The summed E-state index contributed by atoms with van der Waals surface area (Å²) in [6.45, 7) is 2.45. The molecule has 0 heterocycles. The van der Waals surface area contributed by atoms with Crippen molar-refractivity contribution in [2.75, 3.05) is 0 Å². The highest BCUT2D eigenvalue weighted by atomic mass is 79.9. The van der Waals surface area contributed by atoms with Crippen molar-refractivity contribution >= 4 is 15.9 Å². The monoisotopic (exact) mass is 224 g/mol. The Kier molecular flexibility index (Phi) is 2.85. The molecule has 0 bridgehead atoms. The molecule has 0 fully saturated rings. The predicted octanol–water partition coefficient (Wildman–Crippen LogP) is 2.09. The largest absolute Gasteiger partial charge is 0.326 e. The first-order valence-electron chi connectivity index (χ1n) is 3.58. The minimum atomic E-state index is 0.472. The Bertz CT molecular complexity index is 339. The summed E-state index contributed by atoms with van der Waals surface area (Å²) in [5, 5.41) is 8.66. The van der Waals surface area contributed by atoms with Gasteiger partial charge >= 0.3 is 0 Å². The van der Waals surface area contributed by atoms with Crippen LogP contribution in [0.5, 0.6) is 0 Å². The molecule has 2 nitrogen and oxygen atoms in total. The van der Waals surface area contributed by atoms with Crippen LogP contribution in [0.3, 0.4) is 0 Å². The third-order valence-corrected chi connectivity index (χ3v) is 2.62. The highest BCUT2D eigenvalue weighted by Crippen LogP contribution is 2.21. The minimum absolute atomic E-state index is 0.472. The molecule has 0 saturated carbocycles. The number of nitrogens with zero attached hydrogens (tertiary/aromatic N) is 1. The summed E-state index contributed by atoms with van der Waals surface area (Å²) in [6.07, 6.45) is 0. The van der Waals surface area contributed by atoms with Crippen LogP contribution in [-0.2, 0) is 6.54 Å². The molecule has 3 heteroatoms. The Balaban J connectivity index is 3.31. The van der Waals surface area contributed by atoms with E-state index >= 15 is 0 Å². The molecule has 62 valence electrons. The molecule has 0 amide bonds. The number of nitrogens with two attached hydrogens (primary N) is 1. The van der Waals surface area contributed by atoms with E-state index in [9.17, 15) is 0 Å². The lowest BCUT2D eigenvalue weighted by Gasteiger charge is -2.05. The lowest BCUT2D eigenvalue weighted by atomic mass is 10.1. The van der Waals surface area contributed by atoms with Gasteiger partial charge in [-0.1, -0.05) is 15.9 Å². The summed E-state index contributed by atoms with van der Waals surface area (Å²) >= 11 is 3.37. The van der Waals surface area contributed by atoms with Gasteiger partial charge in [0, 0.05) is 11.0 Å². The molecule has 0 saturated heterocycles. The van der Waals surface area contributed by atoms with Crippen LogP contribution >= 0.6 is 15.9 Å². The van der Waals surface area contributed by atoms with Gasteiger partial charge in [0.1, 0.15) is 0 Å². The molecule has 0 aromatic heterocycles. The summed E-state index contributed by atoms with van der Waals surface area (Å²) in [5.74, 6) is 0. The van der Waals surface area contributed by atoms with E-state index in [0.717, 1.165) is 15.6 Å². The topological polar surface area (TPSA) is 49.8 Å². The number of rotatable bonds is 1. The van der Waals surface area contributed by atoms with Crippen molar-refractivity contribution in [2.24, 2.45) is 5.73 Å². The highest BCUT2D eigenvalue weighted by Gasteiger charge is 2.02. The van der Waals surface area contributed by atoms with E-state index in [-0.39, 0.29) is 0 Å². The maximum atomic E-state index is 8.66. The van der Waals surface area contributed by atoms with Crippen molar-refractivity contribution in [1.29, 1.82) is 5.26 Å². The van der Waals surface area contributed by atoms with Crippen molar-refractivity contribution in [1.82, 2.24) is 0 Å². The number of halogens is 1. The molecular weight excluding hydrogens is 216 g/mol. The van der Waals surface area contributed by atoms with Gasteiger partial charge in [0.2, 0.25) is 0 Å². The third-order valence-electron chi connectivity index (χ3n) is 1.80. The molecule has 0 atom stereocenters. The van der Waals surface area contributed by atoms with Crippen LogP contribution < -0.4 is 5.73 Å². The van der Waals surface area contributed by atoms with Crippen molar-refractivity contribution in [2.45, 2.75) is 13.5 Å². The maximum Gasteiger partial charge on any atom is 0.0992 e. The average Bonchev–Trinajstić information content (AvgIpc) is 2.09. The predicted molar refractivity (Wildman–Crippen MR) is 51.5 cm³/mol. The zero-order valence-electron chi connectivity index (χ0n) is 6.76. The van der Waals surface area contributed by atoms with E-state index < -0.39 is 0 Å². The normalized spacial score (nSPS) is 9.50. The van der Waals surface area contributed by atoms with E-state index in [1.807, 2.05) is 13.0 Å². The summed E-state index contributed by atoms with van der Waals surface area (Å²) < 4.78 is 0.946. The van der Waals surface area contributed by atoms with Gasteiger partial charge in [-0.3, -0.25) is 0 Å². The fourth-order valence-electron chi connectivity index (χ4n) is 1.01. The van der Waals surface area contributed by atoms with Crippen LogP contribution in [0.25, 0.3) is 0 Å². The summed E-state index contributed by atoms with van der Waals surface area (Å²) in [4.78, 5) is 0. The Hall–Kier alpha value is -0.850. The number of hydrogen-bond acceptors (Lipinski definition) is 2. The van der Waals surface area contributed by atoms with Gasteiger partial charge in [-0.15, -0.1) is 0 Å². The summed E-state index contributed by atoms with van der Waals surface area (Å²) in [5.41, 5.74) is 8.28. The molecule has 0 aliphatic carbocycles. The van der Waals surface area contributed by atoms with Crippen molar-refractivity contribution in [3.8, 4) is 6.07 Å². The minimum Gasteiger partial charge on any atom is -0.326 e. The second kappa shape index (κ2) is 3.70. The van der Waals surface area contributed by atoms with E-state index in [1.54, 1.807) is 6.07 Å². The first-order chi connectivity index (χ1) is 5.69. The first-order valence-corrected chi connectivity index (χ1v) is 4.37. The molecular formula is C9H9BrN2. The molecule has 1 rings (SSSR count). The zero-order valence-corrected chi connectivity index (χ0v) is 8.35. The molecule has 12 heavy (non-hydrogen) atoms. The molecule has 0 radical (unpaired) electrons. The van der Waals surface area contributed by atoms with Gasteiger partial charge in [0.05, 0.1) is 11.6 Å². The van der Waals surface area contributed by atoms with Gasteiger partial charge in [-0.2, -0.15) is 5.26 Å². The van der Waals surface area contributed by atoms with Gasteiger partial charge in [-0.05, 0) is 30.2 Å². The van der Waals surface area contributed by atoms with Crippen LogP contribution in [0.2, 0.25) is 0 Å². The average molecular weight is 225 g/mol. The molecule has 0 spiro atoms. The Morgan fingerprint density at radius 2 is 2.25 bits per heavy atom. The van der Waals surface area contributed by atoms with Crippen LogP contribution in [0.4, 0.5) is 0 Å². The van der Waals surface area contributed by atoms with Crippen LogP contribution in [0.1, 0.15) is 16.7 Å². The smallest absolute Gasteiger partial charge is 0.0992 e. The fourth-order valence-corrected chi connectivity index (χ4v) is 1.51. The number of nitriles is 1. The lowest BCUT2D eigenvalue weighted by Crippen LogP contribution is -2.00. The van der Waals surface area contributed by atoms with Crippen molar-refractivity contribution in [3.05, 3.63) is 33.3 Å². The van der Waals surface area contributed by atoms with Gasteiger partial charge in [-0.25, -0.2) is 0 Å². The molecule has 1 aromatic carbocycles. The van der Waals surface area contributed by atoms with Crippen molar-refractivity contribution in [3.63, 3.8) is 0 Å². The Labute approximate surface area is 80.1 Å². The highest BCUT2D eigenvalue weighted by molar-refractivity contribution is 9.10. The van der Waals surface area contributed by atoms with E-state index in [1.165, 1.54) is 0 Å². The molecule has 0 aliphatic heterocycles. The standard InChI is InChI=1S/C9H9BrN2/c1-6-8(5-12)2-7(4-11)3-9(6)10/h2-3H,5,12H2,1H3. The van der Waals surface area contributed by atoms with E-state index in [2.05, 4.69) is 22.0 Å². The van der Waals surface area contributed by atoms with E-state index in [0.29, 0.717) is 12.1 Å². The second-order valence-electron chi connectivity index (χ2n) is 2.56. The Morgan fingerprint density at radius 1 is 1.58 bits per heavy atom. The quantitative estimate of drug-likeness (QED) is 0.795. The van der Waals surface area contributed by atoms with Crippen LogP contribution in [-0.4, -0.2) is 0 Å². The molecule has 0 unspecified atom stereocenters. The van der Waals surface area contributed by atoms with Crippen LogP contribution in [0.15, 0.2) is 16.6 Å². The zero-order chi connectivity index (χ0) is 9.14. The number of hydrogen-bond donors (Lipinski definition) is 1. The van der Waals surface area contributed by atoms with Crippen LogP contribution in [0, 0.1) is 18.3 Å². The lowest BCUT2D eigenvalue weighted by molar-refractivity contribution is 1.04. The third kappa shape index (κ3) is 1.66. The summed E-state index contributed by atoms with van der Waals surface area (Å²) in [7, 11) is 0.